The summed E-state index contributed by atoms with van der Waals surface area (Å²) >= 11 is 0. The molecule has 1 fully saturated rings. The van der Waals surface area contributed by atoms with E-state index in [2.05, 4.69) is 0 Å². The van der Waals surface area contributed by atoms with Gasteiger partial charge in [-0.15, -0.1) is 0 Å². The van der Waals surface area contributed by atoms with Crippen molar-refractivity contribution in [3.63, 3.8) is 0 Å². The monoisotopic (exact) mass is 284 g/mol. The fourth-order valence-electron chi connectivity index (χ4n) is 2.60. The Morgan fingerprint density at radius 1 is 1.10 bits per heavy atom. The van der Waals surface area contributed by atoms with E-state index < -0.39 is 11.5 Å². The smallest absolute Gasteiger partial charge is 0.323 e. The molecular weight excluding hydrogens is 256 g/mol. The molecule has 1 N–H and O–H groups in total. The zero-order valence-corrected chi connectivity index (χ0v) is 13.0. The van der Waals surface area contributed by atoms with Crippen molar-refractivity contribution < 1.29 is 14.7 Å². The van der Waals surface area contributed by atoms with Crippen LogP contribution in [-0.4, -0.2) is 58.5 Å². The number of amides is 1. The predicted molar refractivity (Wildman–Crippen MR) is 78.6 cm³/mol. The first-order valence-corrected chi connectivity index (χ1v) is 7.65. The minimum atomic E-state index is -1.01. The number of carbonyl (C=O) groups is 2. The minimum absolute atomic E-state index is 0.0584. The van der Waals surface area contributed by atoms with E-state index in [9.17, 15) is 14.7 Å². The summed E-state index contributed by atoms with van der Waals surface area (Å²) in [7, 11) is 0. The lowest BCUT2D eigenvalue weighted by molar-refractivity contribution is -0.151. The summed E-state index contributed by atoms with van der Waals surface area (Å²) < 4.78 is 0. The Balaban J connectivity index is 2.63. The van der Waals surface area contributed by atoms with Crippen LogP contribution in [0.4, 0.5) is 0 Å². The highest BCUT2D eigenvalue weighted by molar-refractivity contribution is 5.81. The van der Waals surface area contributed by atoms with Gasteiger partial charge in [0, 0.05) is 13.1 Å². The number of carboxylic acid groups (broad SMARTS) is 1. The maximum absolute atomic E-state index is 12.4. The number of likely N-dealkylation sites (tertiary alicyclic amines) is 1. The first kappa shape index (κ1) is 17.0. The molecule has 0 aromatic rings. The second-order valence-corrected chi connectivity index (χ2v) is 6.03. The third-order valence-corrected chi connectivity index (χ3v) is 4.23. The summed E-state index contributed by atoms with van der Waals surface area (Å²) in [6.07, 6.45) is 5.74. The molecule has 0 saturated carbocycles. The van der Waals surface area contributed by atoms with Crippen LogP contribution in [0.1, 0.15) is 52.9 Å². The van der Waals surface area contributed by atoms with Crippen molar-refractivity contribution in [2.75, 3.05) is 26.2 Å². The van der Waals surface area contributed by atoms with Gasteiger partial charge in [0.15, 0.2) is 0 Å². The van der Waals surface area contributed by atoms with Gasteiger partial charge in [-0.25, -0.2) is 0 Å². The SMILES string of the molecule is CCN(CC(=O)N1CCCCCCC1)C(C)(C)C(=O)O. The van der Waals surface area contributed by atoms with Crippen LogP contribution >= 0.6 is 0 Å². The molecule has 0 bridgehead atoms. The van der Waals surface area contributed by atoms with E-state index in [4.69, 9.17) is 0 Å². The van der Waals surface area contributed by atoms with Crippen molar-refractivity contribution in [1.82, 2.24) is 9.80 Å². The number of hydrogen-bond donors (Lipinski definition) is 1. The average Bonchev–Trinajstić information content (AvgIpc) is 2.34. The molecule has 1 heterocycles. The lowest BCUT2D eigenvalue weighted by atomic mass is 10.0. The molecule has 5 nitrogen and oxygen atoms in total. The van der Waals surface area contributed by atoms with E-state index >= 15 is 0 Å². The van der Waals surface area contributed by atoms with Crippen molar-refractivity contribution in [2.24, 2.45) is 0 Å². The number of carboxylic acids is 1. The van der Waals surface area contributed by atoms with Crippen molar-refractivity contribution in [3.8, 4) is 0 Å². The lowest BCUT2D eigenvalue weighted by Crippen LogP contribution is -2.54. The molecule has 20 heavy (non-hydrogen) atoms. The van der Waals surface area contributed by atoms with Gasteiger partial charge < -0.3 is 10.0 Å². The third-order valence-electron chi connectivity index (χ3n) is 4.23. The fraction of sp³-hybridized carbons (Fsp3) is 0.867. The molecule has 116 valence electrons. The second-order valence-electron chi connectivity index (χ2n) is 6.03. The summed E-state index contributed by atoms with van der Waals surface area (Å²) in [5, 5.41) is 9.28. The van der Waals surface area contributed by atoms with Crippen LogP contribution in [0.5, 0.6) is 0 Å². The quantitative estimate of drug-likeness (QED) is 0.838. The van der Waals surface area contributed by atoms with Crippen molar-refractivity contribution in [2.45, 2.75) is 58.4 Å². The van der Waals surface area contributed by atoms with Gasteiger partial charge in [-0.1, -0.05) is 26.2 Å². The molecule has 1 saturated heterocycles. The molecule has 5 heteroatoms. The molecule has 0 spiro atoms. The van der Waals surface area contributed by atoms with Gasteiger partial charge in [-0.05, 0) is 33.2 Å². The molecule has 0 aromatic carbocycles. The average molecular weight is 284 g/mol. The van der Waals surface area contributed by atoms with Gasteiger partial charge in [-0.3, -0.25) is 14.5 Å². The number of likely N-dealkylation sites (N-methyl/N-ethyl adjacent to an activating group) is 1. The number of rotatable bonds is 5. The predicted octanol–water partition coefficient (Wildman–Crippen LogP) is 1.96. The summed E-state index contributed by atoms with van der Waals surface area (Å²) in [5.74, 6) is -0.831. The number of nitrogens with zero attached hydrogens (tertiary/aromatic N) is 2. The van der Waals surface area contributed by atoms with Gasteiger partial charge in [-0.2, -0.15) is 0 Å². The maximum Gasteiger partial charge on any atom is 0.323 e. The van der Waals surface area contributed by atoms with E-state index in [1.54, 1.807) is 18.7 Å². The van der Waals surface area contributed by atoms with Crippen LogP contribution in [0.2, 0.25) is 0 Å². The summed E-state index contributed by atoms with van der Waals surface area (Å²) in [6, 6.07) is 0. The summed E-state index contributed by atoms with van der Waals surface area (Å²) in [6.45, 7) is 7.56. The van der Waals surface area contributed by atoms with Crippen molar-refractivity contribution >= 4 is 11.9 Å². The van der Waals surface area contributed by atoms with E-state index in [1.165, 1.54) is 19.3 Å². The van der Waals surface area contributed by atoms with Gasteiger partial charge >= 0.3 is 5.97 Å². The van der Waals surface area contributed by atoms with Crippen LogP contribution in [0.15, 0.2) is 0 Å². The van der Waals surface area contributed by atoms with Crippen LogP contribution in [0.3, 0.4) is 0 Å². The highest BCUT2D eigenvalue weighted by atomic mass is 16.4. The van der Waals surface area contributed by atoms with Gasteiger partial charge in [0.25, 0.3) is 0 Å². The van der Waals surface area contributed by atoms with Gasteiger partial charge in [0.05, 0.1) is 6.54 Å². The summed E-state index contributed by atoms with van der Waals surface area (Å²) in [4.78, 5) is 27.3. The topological polar surface area (TPSA) is 60.9 Å². The third kappa shape index (κ3) is 4.47. The van der Waals surface area contributed by atoms with Crippen molar-refractivity contribution in [1.29, 1.82) is 0 Å². The second kappa shape index (κ2) is 7.62. The number of hydrogen-bond acceptors (Lipinski definition) is 3. The lowest BCUT2D eigenvalue weighted by Gasteiger charge is -2.35. The Hall–Kier alpha value is -1.10. The standard InChI is InChI=1S/C15H28N2O3/c1-4-17(15(2,3)14(19)20)12-13(18)16-10-8-6-5-7-9-11-16/h4-12H2,1-3H3,(H,19,20). The van der Waals surface area contributed by atoms with Crippen LogP contribution in [-0.2, 0) is 9.59 Å². The van der Waals surface area contributed by atoms with Gasteiger partial charge in [0.1, 0.15) is 5.54 Å². The Kier molecular flexibility index (Phi) is 6.46. The maximum atomic E-state index is 12.4. The molecule has 1 aliphatic heterocycles. The minimum Gasteiger partial charge on any atom is -0.480 e. The molecule has 1 rings (SSSR count). The van der Waals surface area contributed by atoms with Crippen LogP contribution in [0, 0.1) is 0 Å². The highest BCUT2D eigenvalue weighted by Gasteiger charge is 2.35. The molecule has 0 atom stereocenters. The molecular formula is C15H28N2O3. The van der Waals surface area contributed by atoms with Crippen LogP contribution < -0.4 is 0 Å². The molecule has 0 radical (unpaired) electrons. The first-order chi connectivity index (χ1) is 9.39. The molecule has 1 aliphatic rings. The van der Waals surface area contributed by atoms with Crippen molar-refractivity contribution in [3.05, 3.63) is 0 Å². The van der Waals surface area contributed by atoms with E-state index in [0.29, 0.717) is 6.54 Å². The highest BCUT2D eigenvalue weighted by Crippen LogP contribution is 2.16. The molecule has 0 aliphatic carbocycles. The molecule has 0 aromatic heterocycles. The normalized spacial score (nSPS) is 17.7. The Labute approximate surface area is 121 Å². The van der Waals surface area contributed by atoms with E-state index in [-0.39, 0.29) is 12.5 Å². The fourth-order valence-corrected chi connectivity index (χ4v) is 2.60. The number of carbonyl (C=O) groups excluding carboxylic acids is 1. The summed E-state index contributed by atoms with van der Waals surface area (Å²) in [5.41, 5.74) is -1.01. The Bertz CT molecular complexity index is 334. The van der Waals surface area contributed by atoms with Gasteiger partial charge in [0.2, 0.25) is 5.91 Å². The van der Waals surface area contributed by atoms with E-state index in [0.717, 1.165) is 25.9 Å². The first-order valence-electron chi connectivity index (χ1n) is 7.65. The molecule has 1 amide bonds. The zero-order valence-electron chi connectivity index (χ0n) is 13.0. The molecule has 0 unspecified atom stereocenters. The zero-order chi connectivity index (χ0) is 15.2. The van der Waals surface area contributed by atoms with E-state index in [1.807, 2.05) is 11.8 Å². The Morgan fingerprint density at radius 3 is 2.05 bits per heavy atom. The number of aliphatic carboxylic acids is 1. The Morgan fingerprint density at radius 2 is 1.60 bits per heavy atom. The largest absolute Gasteiger partial charge is 0.480 e. The van der Waals surface area contributed by atoms with Crippen LogP contribution in [0.25, 0.3) is 0 Å².